The SMILES string of the molecule is C=CC1=c2/c(=C\C)c3ccccc3n2-c2ccccc2C12c1ccccc1-c1ccc(N(c3ccc(-c4ccccc4)cc3)c3ccc(-c4ccccc4)c(C(C)(C)C)c3)cc12.CP. The first-order chi connectivity index (χ1) is 31.3. The first-order valence-electron chi connectivity index (χ1n) is 22.3. The molecule has 2 nitrogen and oxygen atoms in total. The van der Waals surface area contributed by atoms with Crippen molar-refractivity contribution in [2.75, 3.05) is 11.6 Å². The van der Waals surface area contributed by atoms with Gasteiger partial charge in [-0.25, -0.2) is 0 Å². The maximum Gasteiger partial charge on any atom is 0.0755 e. The molecule has 2 heterocycles. The quantitative estimate of drug-likeness (QED) is 0.151. The molecule has 0 saturated heterocycles. The van der Waals surface area contributed by atoms with E-state index in [1.54, 1.807) is 0 Å². The molecule has 1 spiro atoms. The monoisotopic (exact) mass is 844 g/mol. The maximum absolute atomic E-state index is 4.64. The van der Waals surface area contributed by atoms with Crippen molar-refractivity contribution in [2.45, 2.75) is 38.5 Å². The predicted octanol–water partition coefficient (Wildman–Crippen LogP) is 14.7. The van der Waals surface area contributed by atoms with Gasteiger partial charge >= 0.3 is 0 Å². The fraction of sp³-hybridized carbons (Fsp3) is 0.115. The number of fused-ring (bicyclic) bond motifs is 11. The summed E-state index contributed by atoms with van der Waals surface area (Å²) in [6, 6.07) is 71.7. The Hall–Kier alpha value is -6.99. The van der Waals surface area contributed by atoms with Gasteiger partial charge in [0.2, 0.25) is 0 Å². The first kappa shape index (κ1) is 41.0. The van der Waals surface area contributed by atoms with Crippen molar-refractivity contribution in [3.63, 3.8) is 0 Å². The Bertz CT molecular complexity index is 3350. The van der Waals surface area contributed by atoms with E-state index in [-0.39, 0.29) is 5.41 Å². The van der Waals surface area contributed by atoms with Crippen LogP contribution in [0.25, 0.3) is 61.6 Å². The molecule has 2 atom stereocenters. The van der Waals surface area contributed by atoms with Gasteiger partial charge in [-0.3, -0.25) is 0 Å². The van der Waals surface area contributed by atoms with Crippen LogP contribution in [0, 0.1) is 0 Å². The highest BCUT2D eigenvalue weighted by molar-refractivity contribution is 7.15. The zero-order valence-electron chi connectivity index (χ0n) is 37.3. The van der Waals surface area contributed by atoms with Crippen molar-refractivity contribution >= 4 is 48.9 Å². The normalized spacial score (nSPS) is 14.9. The van der Waals surface area contributed by atoms with Crippen LogP contribution in [0.1, 0.15) is 49.9 Å². The Morgan fingerprint density at radius 1 is 0.531 bits per heavy atom. The standard InChI is InChI=1S/C60H48N2.CH5P/c1-6-46-50-25-15-18-28-56(50)62-57-29-19-17-27-53(57)60(51(7-2)58(46)62)52-26-16-14-24-48(52)49-37-35-45(39-55(49)60)61(43-32-30-41(31-33-43)40-20-10-8-11-21-40)44-34-36-47(42-22-12-9-13-23-42)54(38-44)59(3,4)5;1-2/h6-39H,2H2,1,3-5H3;2H2,1H3/b46-6-;. The van der Waals surface area contributed by atoms with E-state index in [4.69, 9.17) is 0 Å². The zero-order chi connectivity index (χ0) is 44.2. The summed E-state index contributed by atoms with van der Waals surface area (Å²) in [7, 11) is 2.42. The maximum atomic E-state index is 4.64. The van der Waals surface area contributed by atoms with Gasteiger partial charge in [-0.1, -0.05) is 192 Å². The topological polar surface area (TPSA) is 8.17 Å². The van der Waals surface area contributed by atoms with Crippen LogP contribution < -0.4 is 15.5 Å². The number of nitrogens with zero attached hydrogens (tertiary/aromatic N) is 2. The van der Waals surface area contributed by atoms with Gasteiger partial charge in [0, 0.05) is 27.7 Å². The Balaban J connectivity index is 0.00000239. The van der Waals surface area contributed by atoms with Crippen LogP contribution in [-0.2, 0) is 10.8 Å². The van der Waals surface area contributed by atoms with Crippen molar-refractivity contribution in [2.24, 2.45) is 0 Å². The van der Waals surface area contributed by atoms with Gasteiger partial charge in [0.25, 0.3) is 0 Å². The summed E-state index contributed by atoms with van der Waals surface area (Å²) in [5.74, 6) is 0. The van der Waals surface area contributed by atoms with Gasteiger partial charge in [0.1, 0.15) is 0 Å². The van der Waals surface area contributed by atoms with Crippen LogP contribution >= 0.6 is 9.24 Å². The lowest BCUT2D eigenvalue weighted by Gasteiger charge is -2.39. The van der Waals surface area contributed by atoms with Gasteiger partial charge < -0.3 is 9.47 Å². The van der Waals surface area contributed by atoms with E-state index >= 15 is 0 Å². The summed E-state index contributed by atoms with van der Waals surface area (Å²) < 4.78 is 2.48. The van der Waals surface area contributed by atoms with Gasteiger partial charge in [0.05, 0.1) is 22.0 Å². The molecule has 9 aromatic rings. The van der Waals surface area contributed by atoms with Crippen molar-refractivity contribution < 1.29 is 0 Å². The molecule has 1 aliphatic heterocycles. The molecule has 0 bridgehead atoms. The molecule has 8 aromatic carbocycles. The minimum Gasteiger partial charge on any atom is -0.310 e. The van der Waals surface area contributed by atoms with Crippen molar-refractivity contribution in [1.29, 1.82) is 0 Å². The van der Waals surface area contributed by atoms with Crippen LogP contribution in [0.5, 0.6) is 0 Å². The lowest BCUT2D eigenvalue weighted by Crippen LogP contribution is -2.44. The van der Waals surface area contributed by atoms with E-state index in [2.05, 4.69) is 259 Å². The van der Waals surface area contributed by atoms with Crippen LogP contribution in [0.4, 0.5) is 17.1 Å². The molecule has 1 aliphatic carbocycles. The van der Waals surface area contributed by atoms with E-state index in [1.165, 1.54) is 88.4 Å². The zero-order valence-corrected chi connectivity index (χ0v) is 38.5. The smallest absolute Gasteiger partial charge is 0.0755 e. The number of hydrogen-bond acceptors (Lipinski definition) is 1. The number of aromatic nitrogens is 1. The molecule has 0 saturated carbocycles. The van der Waals surface area contributed by atoms with E-state index in [0.29, 0.717) is 0 Å². The highest BCUT2D eigenvalue weighted by atomic mass is 31.0. The lowest BCUT2D eigenvalue weighted by atomic mass is 9.65. The summed E-state index contributed by atoms with van der Waals surface area (Å²) in [5.41, 5.74) is 18.7. The summed E-state index contributed by atoms with van der Waals surface area (Å²) >= 11 is 0. The molecular weight excluding hydrogens is 792 g/mol. The highest BCUT2D eigenvalue weighted by Crippen LogP contribution is 2.60. The number of anilines is 3. The average molecular weight is 845 g/mol. The molecule has 2 aliphatic rings. The molecule has 312 valence electrons. The van der Waals surface area contributed by atoms with Gasteiger partial charge in [-0.05, 0) is 122 Å². The first-order valence-corrected chi connectivity index (χ1v) is 23.5. The fourth-order valence-corrected chi connectivity index (χ4v) is 10.7. The van der Waals surface area contributed by atoms with E-state index < -0.39 is 5.41 Å². The second-order valence-corrected chi connectivity index (χ2v) is 17.7. The van der Waals surface area contributed by atoms with Crippen LogP contribution in [0.2, 0.25) is 0 Å². The second kappa shape index (κ2) is 16.3. The molecule has 0 fully saturated rings. The molecular formula is C61H53N2P. The molecule has 11 rings (SSSR count). The number of hydrogen-bond donors (Lipinski definition) is 0. The molecule has 0 amide bonds. The minimum absolute atomic E-state index is 0.111. The van der Waals surface area contributed by atoms with Crippen LogP contribution in [0.15, 0.2) is 207 Å². The van der Waals surface area contributed by atoms with Crippen molar-refractivity contribution in [3.8, 4) is 39.1 Å². The Kier molecular flexibility index (Phi) is 10.4. The predicted molar refractivity (Wildman–Crippen MR) is 278 cm³/mol. The van der Waals surface area contributed by atoms with Crippen molar-refractivity contribution in [3.05, 3.63) is 240 Å². The van der Waals surface area contributed by atoms with Gasteiger partial charge in [-0.2, -0.15) is 0 Å². The Morgan fingerprint density at radius 2 is 1.08 bits per heavy atom. The molecule has 0 N–H and O–H groups in total. The Morgan fingerprint density at radius 3 is 1.77 bits per heavy atom. The van der Waals surface area contributed by atoms with Crippen LogP contribution in [-0.4, -0.2) is 11.2 Å². The van der Waals surface area contributed by atoms with Gasteiger partial charge in [0.15, 0.2) is 0 Å². The minimum atomic E-state index is -0.626. The number of benzene rings is 8. The molecule has 0 radical (unpaired) electrons. The third-order valence-electron chi connectivity index (χ3n) is 13.3. The molecule has 3 heteroatoms. The Labute approximate surface area is 380 Å². The molecule has 64 heavy (non-hydrogen) atoms. The third-order valence-corrected chi connectivity index (χ3v) is 13.3. The largest absolute Gasteiger partial charge is 0.310 e. The van der Waals surface area contributed by atoms with Crippen molar-refractivity contribution in [1.82, 2.24) is 4.57 Å². The second-order valence-electron chi connectivity index (χ2n) is 17.7. The average Bonchev–Trinajstić information content (AvgIpc) is 3.83. The highest BCUT2D eigenvalue weighted by Gasteiger charge is 2.50. The van der Waals surface area contributed by atoms with E-state index in [0.717, 1.165) is 17.1 Å². The fourth-order valence-electron chi connectivity index (χ4n) is 10.7. The number of allylic oxidation sites excluding steroid dienone is 1. The lowest BCUT2D eigenvalue weighted by molar-refractivity contribution is 0.592. The van der Waals surface area contributed by atoms with Crippen LogP contribution in [0.3, 0.4) is 0 Å². The summed E-state index contributed by atoms with van der Waals surface area (Å²) in [6.45, 7) is 15.7. The van der Waals surface area contributed by atoms with E-state index in [9.17, 15) is 0 Å². The summed E-state index contributed by atoms with van der Waals surface area (Å²) in [4.78, 5) is 2.46. The summed E-state index contributed by atoms with van der Waals surface area (Å²) in [5, 5.41) is 3.69. The third kappa shape index (κ3) is 6.27. The molecule has 2 unspecified atom stereocenters. The van der Waals surface area contributed by atoms with Gasteiger partial charge in [-0.15, -0.1) is 9.24 Å². The molecule has 1 aromatic heterocycles. The number of rotatable bonds is 6. The summed E-state index contributed by atoms with van der Waals surface area (Å²) in [6.07, 6.45) is 4.43. The van der Waals surface area contributed by atoms with E-state index in [1.807, 2.05) is 6.66 Å². The number of para-hydroxylation sites is 2.